The smallest absolute Gasteiger partial charge is 0.258 e. The van der Waals surface area contributed by atoms with Crippen LogP contribution in [0, 0.1) is 6.92 Å². The summed E-state index contributed by atoms with van der Waals surface area (Å²) >= 11 is 0. The molecule has 4 aromatic carbocycles. The number of hydrogen-bond acceptors (Lipinski definition) is 4. The first kappa shape index (κ1) is 26.2. The lowest BCUT2D eigenvalue weighted by molar-refractivity contribution is -0.114. The van der Waals surface area contributed by atoms with Crippen LogP contribution in [0.3, 0.4) is 0 Å². The van der Waals surface area contributed by atoms with Gasteiger partial charge in [0.15, 0.2) is 0 Å². The van der Waals surface area contributed by atoms with Gasteiger partial charge in [-0.15, -0.1) is 0 Å². The van der Waals surface area contributed by atoms with Crippen molar-refractivity contribution in [1.82, 2.24) is 0 Å². The van der Waals surface area contributed by atoms with Crippen molar-refractivity contribution in [2.24, 2.45) is 0 Å². The number of aryl methyl sites for hydroxylation is 1. The molecule has 0 spiro atoms. The highest BCUT2D eigenvalue weighted by atomic mass is 16.2. The van der Waals surface area contributed by atoms with Crippen LogP contribution in [-0.4, -0.2) is 30.8 Å². The second-order valence-corrected chi connectivity index (χ2v) is 8.76. The van der Waals surface area contributed by atoms with Crippen molar-refractivity contribution < 1.29 is 14.4 Å². The van der Waals surface area contributed by atoms with Gasteiger partial charge in [-0.05, 0) is 86.6 Å². The zero-order valence-corrected chi connectivity index (χ0v) is 21.4. The van der Waals surface area contributed by atoms with Crippen molar-refractivity contribution in [3.63, 3.8) is 0 Å². The van der Waals surface area contributed by atoms with E-state index < -0.39 is 0 Å². The molecule has 0 unspecified atom stereocenters. The van der Waals surface area contributed by atoms with Crippen molar-refractivity contribution in [3.8, 4) is 0 Å². The zero-order valence-electron chi connectivity index (χ0n) is 21.4. The maximum absolute atomic E-state index is 12.9. The number of amides is 3. The van der Waals surface area contributed by atoms with Gasteiger partial charge in [0.1, 0.15) is 0 Å². The summed E-state index contributed by atoms with van der Waals surface area (Å²) in [5.74, 6) is -0.499. The Kier molecular flexibility index (Phi) is 8.51. The third-order valence-electron chi connectivity index (χ3n) is 5.92. The molecule has 0 aliphatic carbocycles. The Morgan fingerprint density at radius 2 is 1.32 bits per heavy atom. The molecule has 0 bridgehead atoms. The first-order chi connectivity index (χ1) is 18.4. The molecule has 7 heteroatoms. The van der Waals surface area contributed by atoms with E-state index in [1.165, 1.54) is 0 Å². The standard InChI is InChI=1S/C31H30N4O3/c1-3-35(28-10-5-4-6-11-28)31(38)23-12-14-26(15-13-23)33-29(36)21-32-25-16-18-27(19-17-25)34-30(37)24-9-7-8-22(2)20-24/h4-20,32H,3,21H2,1-2H3,(H,33,36)(H,34,37). The molecule has 0 aromatic heterocycles. The van der Waals surface area contributed by atoms with Gasteiger partial charge in [0, 0.05) is 40.4 Å². The number of hydrogen-bond donors (Lipinski definition) is 3. The zero-order chi connectivity index (χ0) is 26.9. The minimum Gasteiger partial charge on any atom is -0.376 e. The predicted octanol–water partition coefficient (Wildman–Crippen LogP) is 5.96. The second kappa shape index (κ2) is 12.4. The summed E-state index contributed by atoms with van der Waals surface area (Å²) in [6, 6.07) is 30.9. The van der Waals surface area contributed by atoms with Crippen LogP contribution in [0.25, 0.3) is 0 Å². The van der Waals surface area contributed by atoms with Crippen LogP contribution in [0.1, 0.15) is 33.2 Å². The Morgan fingerprint density at radius 3 is 1.97 bits per heavy atom. The maximum atomic E-state index is 12.9. The highest BCUT2D eigenvalue weighted by molar-refractivity contribution is 6.06. The summed E-state index contributed by atoms with van der Waals surface area (Å²) in [7, 11) is 0. The molecule has 3 amide bonds. The van der Waals surface area contributed by atoms with Crippen LogP contribution in [0.2, 0.25) is 0 Å². The van der Waals surface area contributed by atoms with E-state index in [2.05, 4.69) is 16.0 Å². The van der Waals surface area contributed by atoms with Crippen molar-refractivity contribution in [2.75, 3.05) is 33.9 Å². The molecule has 0 heterocycles. The lowest BCUT2D eigenvalue weighted by atomic mass is 10.1. The number of benzene rings is 4. The molecule has 0 aliphatic rings. The second-order valence-electron chi connectivity index (χ2n) is 8.76. The number of nitrogens with one attached hydrogen (secondary N) is 3. The predicted molar refractivity (Wildman–Crippen MR) is 153 cm³/mol. The quantitative estimate of drug-likeness (QED) is 0.261. The van der Waals surface area contributed by atoms with Crippen molar-refractivity contribution in [1.29, 1.82) is 0 Å². The molecular weight excluding hydrogens is 476 g/mol. The first-order valence-corrected chi connectivity index (χ1v) is 12.4. The molecule has 0 aliphatic heterocycles. The lowest BCUT2D eigenvalue weighted by Crippen LogP contribution is -2.30. The van der Waals surface area contributed by atoms with E-state index >= 15 is 0 Å². The minimum absolute atomic E-state index is 0.0628. The third kappa shape index (κ3) is 6.85. The SMILES string of the molecule is CCN(C(=O)c1ccc(NC(=O)CNc2ccc(NC(=O)c3cccc(C)c3)cc2)cc1)c1ccccc1. The summed E-state index contributed by atoms with van der Waals surface area (Å²) in [5, 5.41) is 8.77. The van der Waals surface area contributed by atoms with Crippen LogP contribution in [0.15, 0.2) is 103 Å². The number of para-hydroxylation sites is 1. The fourth-order valence-electron chi connectivity index (χ4n) is 3.95. The van der Waals surface area contributed by atoms with Gasteiger partial charge >= 0.3 is 0 Å². The maximum Gasteiger partial charge on any atom is 0.258 e. The number of rotatable bonds is 9. The molecule has 192 valence electrons. The van der Waals surface area contributed by atoms with Crippen molar-refractivity contribution in [3.05, 3.63) is 120 Å². The molecule has 4 rings (SSSR count). The average molecular weight is 507 g/mol. The molecule has 0 atom stereocenters. The molecule has 4 aromatic rings. The van der Waals surface area contributed by atoms with Gasteiger partial charge < -0.3 is 20.9 Å². The number of carbonyl (C=O) groups is 3. The number of carbonyl (C=O) groups excluding carboxylic acids is 3. The monoisotopic (exact) mass is 506 g/mol. The van der Waals surface area contributed by atoms with Crippen molar-refractivity contribution in [2.45, 2.75) is 13.8 Å². The topological polar surface area (TPSA) is 90.5 Å². The fraction of sp³-hybridized carbons (Fsp3) is 0.129. The van der Waals surface area contributed by atoms with E-state index in [4.69, 9.17) is 0 Å². The Hall–Kier alpha value is -4.91. The van der Waals surface area contributed by atoms with E-state index in [1.54, 1.807) is 59.5 Å². The van der Waals surface area contributed by atoms with Crippen LogP contribution >= 0.6 is 0 Å². The van der Waals surface area contributed by atoms with E-state index in [0.717, 1.165) is 16.9 Å². The average Bonchev–Trinajstić information content (AvgIpc) is 2.94. The third-order valence-corrected chi connectivity index (χ3v) is 5.92. The summed E-state index contributed by atoms with van der Waals surface area (Å²) in [4.78, 5) is 39.5. The van der Waals surface area contributed by atoms with Gasteiger partial charge in [-0.2, -0.15) is 0 Å². The van der Waals surface area contributed by atoms with E-state index in [0.29, 0.717) is 29.0 Å². The Balaban J connectivity index is 1.27. The van der Waals surface area contributed by atoms with Crippen LogP contribution in [0.5, 0.6) is 0 Å². The number of nitrogens with zero attached hydrogens (tertiary/aromatic N) is 1. The molecular formula is C31H30N4O3. The minimum atomic E-state index is -0.222. The Morgan fingerprint density at radius 1 is 0.684 bits per heavy atom. The summed E-state index contributed by atoms with van der Waals surface area (Å²) in [5.41, 5.74) is 5.01. The van der Waals surface area contributed by atoms with Crippen LogP contribution < -0.4 is 20.9 Å². The summed E-state index contributed by atoms with van der Waals surface area (Å²) < 4.78 is 0. The van der Waals surface area contributed by atoms with E-state index in [-0.39, 0.29) is 24.3 Å². The van der Waals surface area contributed by atoms with E-state index in [9.17, 15) is 14.4 Å². The van der Waals surface area contributed by atoms with Crippen LogP contribution in [-0.2, 0) is 4.79 Å². The molecule has 0 saturated heterocycles. The molecule has 3 N–H and O–H groups in total. The van der Waals surface area contributed by atoms with Gasteiger partial charge in [-0.3, -0.25) is 14.4 Å². The first-order valence-electron chi connectivity index (χ1n) is 12.4. The summed E-state index contributed by atoms with van der Waals surface area (Å²) in [6.45, 7) is 4.48. The molecule has 0 saturated carbocycles. The molecule has 0 radical (unpaired) electrons. The van der Waals surface area contributed by atoms with Crippen LogP contribution in [0.4, 0.5) is 22.7 Å². The lowest BCUT2D eigenvalue weighted by Gasteiger charge is -2.21. The van der Waals surface area contributed by atoms with E-state index in [1.807, 2.05) is 62.4 Å². The van der Waals surface area contributed by atoms with Gasteiger partial charge in [0.05, 0.1) is 6.54 Å². The molecule has 7 nitrogen and oxygen atoms in total. The van der Waals surface area contributed by atoms with Gasteiger partial charge in [-0.25, -0.2) is 0 Å². The number of anilines is 4. The Bertz CT molecular complexity index is 1400. The van der Waals surface area contributed by atoms with Gasteiger partial charge in [0.2, 0.25) is 5.91 Å². The fourth-order valence-corrected chi connectivity index (χ4v) is 3.95. The largest absolute Gasteiger partial charge is 0.376 e. The summed E-state index contributed by atoms with van der Waals surface area (Å²) in [6.07, 6.45) is 0. The van der Waals surface area contributed by atoms with Gasteiger partial charge in [-0.1, -0.05) is 35.9 Å². The molecule has 38 heavy (non-hydrogen) atoms. The highest BCUT2D eigenvalue weighted by Crippen LogP contribution is 2.19. The normalized spacial score (nSPS) is 10.4. The van der Waals surface area contributed by atoms with Crippen molar-refractivity contribution >= 4 is 40.5 Å². The molecule has 0 fully saturated rings. The highest BCUT2D eigenvalue weighted by Gasteiger charge is 2.16. The van der Waals surface area contributed by atoms with Gasteiger partial charge in [0.25, 0.3) is 11.8 Å². The Labute approximate surface area is 222 Å².